The summed E-state index contributed by atoms with van der Waals surface area (Å²) in [5.74, 6) is -0.567. The number of anilines is 1. The Balaban J connectivity index is 1.66. The first-order chi connectivity index (χ1) is 14.9. The summed E-state index contributed by atoms with van der Waals surface area (Å²) in [4.78, 5) is 0. The van der Waals surface area contributed by atoms with Crippen LogP contribution in [0, 0.1) is 5.82 Å². The van der Waals surface area contributed by atoms with Crippen molar-refractivity contribution in [3.05, 3.63) is 57.3 Å². The number of nitrogens with zero attached hydrogens (tertiary/aromatic N) is 3. The van der Waals surface area contributed by atoms with Gasteiger partial charge in [-0.25, -0.2) is 4.39 Å². The number of benzene rings is 2. The molecule has 2 heterocycles. The van der Waals surface area contributed by atoms with E-state index in [9.17, 15) is 30.7 Å². The normalized spacial score (nSPS) is 12.5. The first-order valence-electron chi connectivity index (χ1n) is 8.61. The lowest BCUT2D eigenvalue weighted by Gasteiger charge is -2.18. The summed E-state index contributed by atoms with van der Waals surface area (Å²) in [6, 6.07) is 5.04. The highest BCUT2D eigenvalue weighted by Crippen LogP contribution is 2.44. The number of tetrazole rings is 1. The van der Waals surface area contributed by atoms with Crippen molar-refractivity contribution >= 4 is 32.6 Å². The third kappa shape index (κ3) is 4.13. The molecule has 0 aliphatic heterocycles. The van der Waals surface area contributed by atoms with Crippen LogP contribution in [0.4, 0.5) is 36.4 Å². The number of hydrogen-bond acceptors (Lipinski definition) is 5. The number of aromatic amines is 1. The predicted octanol–water partition coefficient (Wildman–Crippen LogP) is 6.16. The number of H-pyrrole nitrogens is 1. The largest absolute Gasteiger partial charge is 0.452 e. The van der Waals surface area contributed by atoms with Crippen LogP contribution in [-0.4, -0.2) is 20.6 Å². The highest BCUT2D eigenvalue weighted by Gasteiger charge is 2.40. The molecule has 0 spiro atoms. The lowest BCUT2D eigenvalue weighted by Crippen LogP contribution is -2.14. The summed E-state index contributed by atoms with van der Waals surface area (Å²) in [6.07, 6.45) is -10.1. The molecular formula is C18H9BrF7N5O. The van der Waals surface area contributed by atoms with E-state index in [4.69, 9.17) is 4.42 Å². The zero-order chi connectivity index (χ0) is 23.3. The Bertz CT molecular complexity index is 1250. The number of halogens is 8. The molecule has 2 aromatic carbocycles. The van der Waals surface area contributed by atoms with Crippen molar-refractivity contribution < 1.29 is 35.2 Å². The standard InChI is InChI=1S/C18H9BrF7N5O/c19-14-10(17(21,22)23)3-8(4-11(14)18(24,25)26)27-6-7-1-2-12-9(15(7)20)5-13(32-12)16-28-30-31-29-16/h1-5,27H,6H2,(H,28,29,30,31). The van der Waals surface area contributed by atoms with E-state index in [1.165, 1.54) is 18.2 Å². The fourth-order valence-corrected chi connectivity index (χ4v) is 3.65. The molecule has 32 heavy (non-hydrogen) atoms. The molecule has 0 bridgehead atoms. The van der Waals surface area contributed by atoms with E-state index in [-0.39, 0.29) is 34.7 Å². The average molecular weight is 524 g/mol. The molecule has 2 aromatic heterocycles. The average Bonchev–Trinajstić information content (AvgIpc) is 3.36. The van der Waals surface area contributed by atoms with Crippen LogP contribution in [0.25, 0.3) is 22.6 Å². The van der Waals surface area contributed by atoms with Crippen LogP contribution in [0.2, 0.25) is 0 Å². The number of hydrogen-bond donors (Lipinski definition) is 2. The number of fused-ring (bicyclic) bond motifs is 1. The van der Waals surface area contributed by atoms with Crippen molar-refractivity contribution in [3.63, 3.8) is 0 Å². The van der Waals surface area contributed by atoms with Crippen LogP contribution in [0.5, 0.6) is 0 Å². The molecule has 2 N–H and O–H groups in total. The molecule has 0 aliphatic carbocycles. The van der Waals surface area contributed by atoms with Gasteiger partial charge in [0.05, 0.1) is 16.5 Å². The van der Waals surface area contributed by atoms with E-state index < -0.39 is 39.5 Å². The monoisotopic (exact) mass is 523 g/mol. The van der Waals surface area contributed by atoms with E-state index in [0.717, 1.165) is 0 Å². The molecule has 14 heteroatoms. The van der Waals surface area contributed by atoms with Gasteiger partial charge in [-0.05, 0) is 45.4 Å². The molecule has 0 fully saturated rings. The second-order valence-electron chi connectivity index (χ2n) is 6.53. The van der Waals surface area contributed by atoms with Crippen LogP contribution in [0.15, 0.2) is 39.2 Å². The molecule has 0 amide bonds. The Morgan fingerprint density at radius 2 is 1.66 bits per heavy atom. The lowest BCUT2D eigenvalue weighted by atomic mass is 10.1. The fourth-order valence-electron chi connectivity index (χ4n) is 2.97. The highest BCUT2D eigenvalue weighted by molar-refractivity contribution is 9.10. The molecule has 0 saturated carbocycles. The van der Waals surface area contributed by atoms with Crippen LogP contribution >= 0.6 is 15.9 Å². The van der Waals surface area contributed by atoms with Crippen molar-refractivity contribution in [1.82, 2.24) is 20.6 Å². The summed E-state index contributed by atoms with van der Waals surface area (Å²) < 4.78 is 98.4. The Labute approximate surface area is 181 Å². The number of alkyl halides is 6. The predicted molar refractivity (Wildman–Crippen MR) is 101 cm³/mol. The van der Waals surface area contributed by atoms with E-state index >= 15 is 0 Å². The maximum atomic E-state index is 14.9. The Hall–Kier alpha value is -3.16. The lowest BCUT2D eigenvalue weighted by molar-refractivity contribution is -0.144. The van der Waals surface area contributed by atoms with Gasteiger partial charge in [-0.2, -0.15) is 31.6 Å². The summed E-state index contributed by atoms with van der Waals surface area (Å²) in [6.45, 7) is -0.388. The molecule has 0 saturated heterocycles. The SMILES string of the molecule is Fc1c(CNc2cc(C(F)(F)F)c(Br)c(C(F)(F)F)c2)ccc2oc(-c3nn[nH]n3)cc12. The fraction of sp³-hybridized carbons (Fsp3) is 0.167. The van der Waals surface area contributed by atoms with Gasteiger partial charge in [0.15, 0.2) is 5.76 Å². The van der Waals surface area contributed by atoms with Crippen molar-refractivity contribution in [1.29, 1.82) is 0 Å². The minimum atomic E-state index is -5.04. The van der Waals surface area contributed by atoms with Crippen LogP contribution in [-0.2, 0) is 18.9 Å². The van der Waals surface area contributed by atoms with Gasteiger partial charge >= 0.3 is 12.4 Å². The zero-order valence-electron chi connectivity index (χ0n) is 15.4. The minimum Gasteiger partial charge on any atom is -0.452 e. The van der Waals surface area contributed by atoms with E-state index in [1.54, 1.807) is 0 Å². The molecule has 4 rings (SSSR count). The molecular weight excluding hydrogens is 515 g/mol. The molecule has 6 nitrogen and oxygen atoms in total. The number of rotatable bonds is 4. The van der Waals surface area contributed by atoms with Gasteiger partial charge in [-0.15, -0.1) is 10.2 Å². The third-order valence-corrected chi connectivity index (χ3v) is 5.30. The molecule has 0 aliphatic rings. The molecule has 0 unspecified atom stereocenters. The van der Waals surface area contributed by atoms with E-state index in [1.807, 2.05) is 0 Å². The maximum Gasteiger partial charge on any atom is 0.417 e. The summed E-state index contributed by atoms with van der Waals surface area (Å²) in [7, 11) is 0. The van der Waals surface area contributed by atoms with Crippen molar-refractivity contribution in [2.75, 3.05) is 5.32 Å². The van der Waals surface area contributed by atoms with Crippen molar-refractivity contribution in [2.45, 2.75) is 18.9 Å². The quantitative estimate of drug-likeness (QED) is 0.313. The van der Waals surface area contributed by atoms with Gasteiger partial charge in [-0.1, -0.05) is 6.07 Å². The van der Waals surface area contributed by atoms with E-state index in [0.29, 0.717) is 12.1 Å². The third-order valence-electron chi connectivity index (χ3n) is 4.45. The van der Waals surface area contributed by atoms with Gasteiger partial charge in [0, 0.05) is 22.3 Å². The van der Waals surface area contributed by atoms with Gasteiger partial charge in [0.2, 0.25) is 5.82 Å². The zero-order valence-corrected chi connectivity index (χ0v) is 17.0. The van der Waals surface area contributed by atoms with Crippen LogP contribution in [0.3, 0.4) is 0 Å². The number of nitrogens with one attached hydrogen (secondary N) is 2. The summed E-state index contributed by atoms with van der Waals surface area (Å²) in [5, 5.41) is 15.5. The molecule has 0 radical (unpaired) electrons. The van der Waals surface area contributed by atoms with Gasteiger partial charge in [-0.3, -0.25) is 0 Å². The highest BCUT2D eigenvalue weighted by atomic mass is 79.9. The van der Waals surface area contributed by atoms with Gasteiger partial charge in [0.1, 0.15) is 11.4 Å². The Morgan fingerprint density at radius 3 is 2.22 bits per heavy atom. The Kier molecular flexibility index (Phi) is 5.35. The van der Waals surface area contributed by atoms with Crippen LogP contribution in [0.1, 0.15) is 16.7 Å². The molecule has 4 aromatic rings. The molecule has 0 atom stereocenters. The number of aromatic nitrogens is 4. The van der Waals surface area contributed by atoms with Crippen LogP contribution < -0.4 is 5.32 Å². The van der Waals surface area contributed by atoms with Crippen molar-refractivity contribution in [3.8, 4) is 11.6 Å². The number of furan rings is 1. The topological polar surface area (TPSA) is 79.6 Å². The van der Waals surface area contributed by atoms with Crippen molar-refractivity contribution in [2.24, 2.45) is 0 Å². The van der Waals surface area contributed by atoms with Gasteiger partial charge < -0.3 is 9.73 Å². The second kappa shape index (κ2) is 7.76. The Morgan fingerprint density at radius 1 is 1.00 bits per heavy atom. The first kappa shape index (κ1) is 22.0. The molecule has 168 valence electrons. The smallest absolute Gasteiger partial charge is 0.417 e. The maximum absolute atomic E-state index is 14.9. The first-order valence-corrected chi connectivity index (χ1v) is 9.41. The second-order valence-corrected chi connectivity index (χ2v) is 7.32. The minimum absolute atomic E-state index is 0.0111. The van der Waals surface area contributed by atoms with Gasteiger partial charge in [0.25, 0.3) is 0 Å². The summed E-state index contributed by atoms with van der Waals surface area (Å²) >= 11 is 2.39. The summed E-state index contributed by atoms with van der Waals surface area (Å²) in [5.41, 5.74) is -3.36. The van der Waals surface area contributed by atoms with E-state index in [2.05, 4.69) is 41.9 Å².